The molecular formula is C13H7F3N2O2S2. The highest BCUT2D eigenvalue weighted by Crippen LogP contribution is 2.32. The Morgan fingerprint density at radius 3 is 2.27 bits per heavy atom. The summed E-state index contributed by atoms with van der Waals surface area (Å²) in [5.41, 5.74) is -5.12. The fraction of sp³-hybridized carbons (Fsp3) is 0.0769. The van der Waals surface area contributed by atoms with Crippen molar-refractivity contribution in [3.8, 4) is 6.07 Å². The number of sulfone groups is 1. The zero-order valence-corrected chi connectivity index (χ0v) is 12.3. The maximum Gasteiger partial charge on any atom is 0.501 e. The predicted molar refractivity (Wildman–Crippen MR) is 72.8 cm³/mol. The summed E-state index contributed by atoms with van der Waals surface area (Å²) in [6.45, 7) is 0. The average Bonchev–Trinajstić information content (AvgIpc) is 2.47. The first kappa shape index (κ1) is 16.3. The summed E-state index contributed by atoms with van der Waals surface area (Å²) in [7, 11) is -5.34. The van der Waals surface area contributed by atoms with E-state index in [4.69, 9.17) is 5.26 Å². The van der Waals surface area contributed by atoms with Crippen LogP contribution < -0.4 is 0 Å². The highest BCUT2D eigenvalue weighted by molar-refractivity contribution is 7.99. The Balaban J connectivity index is 2.25. The predicted octanol–water partition coefficient (Wildman–Crippen LogP) is 3.40. The lowest BCUT2D eigenvalue weighted by Gasteiger charge is -2.08. The van der Waals surface area contributed by atoms with E-state index in [2.05, 4.69) is 4.98 Å². The number of nitrogens with zero attached hydrogens (tertiary/aromatic N) is 2. The Morgan fingerprint density at radius 1 is 1.09 bits per heavy atom. The number of nitriles is 1. The highest BCUT2D eigenvalue weighted by atomic mass is 32.2. The number of aromatic nitrogens is 1. The molecule has 2 rings (SSSR count). The third-order valence-corrected chi connectivity index (χ3v) is 4.95. The second-order valence-corrected chi connectivity index (χ2v) is 7.03. The van der Waals surface area contributed by atoms with Crippen molar-refractivity contribution in [2.75, 3.05) is 0 Å². The molecule has 0 fully saturated rings. The number of rotatable bonds is 3. The monoisotopic (exact) mass is 344 g/mol. The molecule has 0 atom stereocenters. The van der Waals surface area contributed by atoms with Crippen LogP contribution in [0.15, 0.2) is 57.3 Å². The zero-order chi connectivity index (χ0) is 16.4. The van der Waals surface area contributed by atoms with Gasteiger partial charge >= 0.3 is 5.51 Å². The van der Waals surface area contributed by atoms with E-state index < -0.39 is 20.2 Å². The van der Waals surface area contributed by atoms with Gasteiger partial charge in [0.2, 0.25) is 0 Å². The molecule has 0 radical (unpaired) electrons. The first-order chi connectivity index (χ1) is 10.2. The van der Waals surface area contributed by atoms with Crippen molar-refractivity contribution in [1.29, 1.82) is 5.26 Å². The fourth-order valence-electron chi connectivity index (χ4n) is 1.48. The fourth-order valence-corrected chi connectivity index (χ4v) is 3.04. The van der Waals surface area contributed by atoms with Crippen molar-refractivity contribution in [3.63, 3.8) is 0 Å². The van der Waals surface area contributed by atoms with Crippen molar-refractivity contribution < 1.29 is 21.6 Å². The van der Waals surface area contributed by atoms with E-state index in [-0.39, 0.29) is 5.69 Å². The molecular weight excluding hydrogens is 337 g/mol. The summed E-state index contributed by atoms with van der Waals surface area (Å²) in [4.78, 5) is 3.69. The zero-order valence-electron chi connectivity index (χ0n) is 10.7. The van der Waals surface area contributed by atoms with Crippen molar-refractivity contribution in [3.05, 3.63) is 48.2 Å². The summed E-state index contributed by atoms with van der Waals surface area (Å²) in [5, 5.41) is 9.21. The van der Waals surface area contributed by atoms with Gasteiger partial charge in [-0.1, -0.05) is 17.8 Å². The van der Waals surface area contributed by atoms with E-state index in [0.29, 0.717) is 9.92 Å². The topological polar surface area (TPSA) is 70.8 Å². The molecule has 0 amide bonds. The molecule has 9 heteroatoms. The largest absolute Gasteiger partial charge is 0.501 e. The van der Waals surface area contributed by atoms with Crippen LogP contribution in [0.4, 0.5) is 13.2 Å². The van der Waals surface area contributed by atoms with Crippen molar-refractivity contribution >= 4 is 21.6 Å². The Hall–Kier alpha value is -2.05. The van der Waals surface area contributed by atoms with Crippen molar-refractivity contribution in [2.24, 2.45) is 0 Å². The molecule has 114 valence electrons. The molecule has 2 aromatic rings. The van der Waals surface area contributed by atoms with Gasteiger partial charge in [-0.05, 0) is 36.4 Å². The third-order valence-electron chi connectivity index (χ3n) is 2.50. The van der Waals surface area contributed by atoms with Gasteiger partial charge in [0.1, 0.15) is 16.8 Å². The molecule has 4 nitrogen and oxygen atoms in total. The lowest BCUT2D eigenvalue weighted by molar-refractivity contribution is -0.0436. The first-order valence-corrected chi connectivity index (χ1v) is 8.00. The lowest BCUT2D eigenvalue weighted by Crippen LogP contribution is -2.23. The van der Waals surface area contributed by atoms with Crippen LogP contribution >= 0.6 is 11.8 Å². The van der Waals surface area contributed by atoms with Gasteiger partial charge in [0, 0.05) is 4.90 Å². The maximum absolute atomic E-state index is 12.4. The standard InChI is InChI=1S/C13H7F3N2O2S2/c14-13(15,16)22(19,20)11-6-4-10(5-7-11)21-12-3-1-2-9(8-17)18-12/h1-7H. The van der Waals surface area contributed by atoms with Gasteiger partial charge in [-0.25, -0.2) is 13.4 Å². The van der Waals surface area contributed by atoms with Gasteiger partial charge in [0.15, 0.2) is 0 Å². The highest BCUT2D eigenvalue weighted by Gasteiger charge is 2.46. The molecule has 0 aliphatic heterocycles. The third kappa shape index (κ3) is 3.40. The molecule has 0 bridgehead atoms. The van der Waals surface area contributed by atoms with Gasteiger partial charge in [-0.15, -0.1) is 0 Å². The molecule has 0 N–H and O–H groups in total. The Bertz CT molecular complexity index is 826. The number of hydrogen-bond acceptors (Lipinski definition) is 5. The van der Waals surface area contributed by atoms with Crippen molar-refractivity contribution in [2.45, 2.75) is 20.3 Å². The van der Waals surface area contributed by atoms with Gasteiger partial charge in [-0.2, -0.15) is 18.4 Å². The molecule has 0 unspecified atom stereocenters. The second-order valence-electron chi connectivity index (χ2n) is 4.00. The molecule has 0 aliphatic carbocycles. The van der Waals surface area contributed by atoms with Crippen LogP contribution in [0.3, 0.4) is 0 Å². The van der Waals surface area contributed by atoms with E-state index >= 15 is 0 Å². The quantitative estimate of drug-likeness (QED) is 0.853. The number of benzene rings is 1. The summed E-state index contributed by atoms with van der Waals surface area (Å²) in [5.74, 6) is 0. The van der Waals surface area contributed by atoms with Gasteiger partial charge < -0.3 is 0 Å². The summed E-state index contributed by atoms with van der Waals surface area (Å²) in [6, 6.07) is 10.9. The van der Waals surface area contributed by atoms with Crippen LogP contribution in [-0.4, -0.2) is 18.9 Å². The molecule has 1 aromatic heterocycles. The molecule has 22 heavy (non-hydrogen) atoms. The number of hydrogen-bond donors (Lipinski definition) is 0. The van der Waals surface area contributed by atoms with E-state index in [1.165, 1.54) is 18.2 Å². The Morgan fingerprint density at radius 2 is 1.73 bits per heavy atom. The number of alkyl halides is 3. The van der Waals surface area contributed by atoms with Crippen LogP contribution in [-0.2, 0) is 9.84 Å². The maximum atomic E-state index is 12.4. The summed E-state index contributed by atoms with van der Waals surface area (Å²) in [6.07, 6.45) is 0. The van der Waals surface area contributed by atoms with Crippen molar-refractivity contribution in [1.82, 2.24) is 4.98 Å². The van der Waals surface area contributed by atoms with Crippen LogP contribution in [0.25, 0.3) is 0 Å². The number of pyridine rings is 1. The minimum Gasteiger partial charge on any atom is -0.230 e. The van der Waals surface area contributed by atoms with Gasteiger partial charge in [-0.3, -0.25) is 0 Å². The van der Waals surface area contributed by atoms with Crippen LogP contribution in [0.1, 0.15) is 5.69 Å². The smallest absolute Gasteiger partial charge is 0.230 e. The molecule has 0 spiro atoms. The summed E-state index contributed by atoms with van der Waals surface area (Å²) < 4.78 is 59.7. The molecule has 1 aromatic carbocycles. The van der Waals surface area contributed by atoms with E-state index in [1.54, 1.807) is 12.1 Å². The molecule has 1 heterocycles. The van der Waals surface area contributed by atoms with E-state index in [0.717, 1.165) is 23.9 Å². The average molecular weight is 344 g/mol. The Kier molecular flexibility index (Phi) is 4.44. The molecule has 0 saturated carbocycles. The van der Waals surface area contributed by atoms with E-state index in [9.17, 15) is 21.6 Å². The minimum atomic E-state index is -5.34. The first-order valence-electron chi connectivity index (χ1n) is 5.70. The second kappa shape index (κ2) is 5.98. The molecule has 0 saturated heterocycles. The summed E-state index contributed by atoms with van der Waals surface area (Å²) >= 11 is 1.11. The number of halogens is 3. The normalized spacial score (nSPS) is 11.9. The lowest BCUT2D eigenvalue weighted by atomic mass is 10.4. The molecule has 0 aliphatic rings. The Labute approximate surface area is 128 Å². The minimum absolute atomic E-state index is 0.210. The van der Waals surface area contributed by atoms with Gasteiger partial charge in [0.05, 0.1) is 4.90 Å². The van der Waals surface area contributed by atoms with Crippen LogP contribution in [0.5, 0.6) is 0 Å². The van der Waals surface area contributed by atoms with Crippen LogP contribution in [0, 0.1) is 11.3 Å². The van der Waals surface area contributed by atoms with E-state index in [1.807, 2.05) is 6.07 Å². The van der Waals surface area contributed by atoms with Crippen LogP contribution in [0.2, 0.25) is 0 Å². The van der Waals surface area contributed by atoms with Gasteiger partial charge in [0.25, 0.3) is 9.84 Å². The SMILES string of the molecule is N#Cc1cccc(Sc2ccc(S(=O)(=O)C(F)(F)F)cc2)n1.